The number of halogens is 1. The Hall–Kier alpha value is -2.86. The van der Waals surface area contributed by atoms with Gasteiger partial charge in [-0.1, -0.05) is 43.6 Å². The number of amides is 1. The van der Waals surface area contributed by atoms with Crippen molar-refractivity contribution in [2.75, 3.05) is 19.0 Å². The maximum absolute atomic E-state index is 12.6. The Labute approximate surface area is 175 Å². The van der Waals surface area contributed by atoms with Crippen molar-refractivity contribution in [1.29, 1.82) is 0 Å². The number of rotatable bonds is 7. The first-order valence-electron chi connectivity index (χ1n) is 9.13. The van der Waals surface area contributed by atoms with Gasteiger partial charge in [0.2, 0.25) is 0 Å². The number of hydrogen-bond acceptors (Lipinski definition) is 5. The van der Waals surface area contributed by atoms with E-state index in [1.54, 1.807) is 43.3 Å². The second kappa shape index (κ2) is 10.1. The van der Waals surface area contributed by atoms with E-state index in [4.69, 9.17) is 16.3 Å². The van der Waals surface area contributed by atoms with Gasteiger partial charge in [0.1, 0.15) is 0 Å². The molecule has 2 aromatic carbocycles. The van der Waals surface area contributed by atoms with Crippen LogP contribution in [0.15, 0.2) is 42.5 Å². The highest BCUT2D eigenvalue weighted by Gasteiger charge is 2.26. The lowest BCUT2D eigenvalue weighted by Crippen LogP contribution is -2.26. The van der Waals surface area contributed by atoms with Gasteiger partial charge in [-0.05, 0) is 48.2 Å². The Morgan fingerprint density at radius 3 is 2.31 bits per heavy atom. The molecule has 0 aromatic heterocycles. The molecule has 7 heteroatoms. The average Bonchev–Trinajstić information content (AvgIpc) is 2.69. The molecule has 1 N–H and O–H groups in total. The van der Waals surface area contributed by atoms with E-state index < -0.39 is 30.4 Å². The third-order valence-corrected chi connectivity index (χ3v) is 4.68. The topological polar surface area (TPSA) is 81.7 Å². The van der Waals surface area contributed by atoms with E-state index in [0.717, 1.165) is 11.1 Å². The van der Waals surface area contributed by atoms with Crippen molar-refractivity contribution in [1.82, 2.24) is 0 Å². The van der Waals surface area contributed by atoms with Crippen LogP contribution in [0.5, 0.6) is 0 Å². The van der Waals surface area contributed by atoms with Crippen LogP contribution in [-0.2, 0) is 19.1 Å². The molecule has 1 atom stereocenters. The zero-order valence-corrected chi connectivity index (χ0v) is 17.6. The lowest BCUT2D eigenvalue weighted by atomic mass is 9.88. The van der Waals surface area contributed by atoms with Gasteiger partial charge in [-0.25, -0.2) is 4.79 Å². The zero-order valence-electron chi connectivity index (χ0n) is 16.8. The highest BCUT2D eigenvalue weighted by molar-refractivity contribution is 6.30. The van der Waals surface area contributed by atoms with Gasteiger partial charge >= 0.3 is 11.9 Å². The predicted octanol–water partition coefficient (Wildman–Crippen LogP) is 4.36. The molecule has 2 rings (SSSR count). The first-order chi connectivity index (χ1) is 13.7. The summed E-state index contributed by atoms with van der Waals surface area (Å²) in [4.78, 5) is 36.5. The third kappa shape index (κ3) is 6.06. The molecule has 0 aliphatic heterocycles. The summed E-state index contributed by atoms with van der Waals surface area (Å²) in [6.07, 6.45) is 0. The van der Waals surface area contributed by atoms with Crippen LogP contribution in [-0.4, -0.2) is 31.6 Å². The number of carbonyl (C=O) groups is 3. The van der Waals surface area contributed by atoms with Crippen molar-refractivity contribution in [2.24, 2.45) is 5.92 Å². The fourth-order valence-electron chi connectivity index (χ4n) is 2.88. The van der Waals surface area contributed by atoms with E-state index in [-0.39, 0.29) is 5.92 Å². The van der Waals surface area contributed by atoms with Crippen LogP contribution in [0.2, 0.25) is 5.02 Å². The van der Waals surface area contributed by atoms with E-state index in [1.807, 2.05) is 13.8 Å². The van der Waals surface area contributed by atoms with Crippen molar-refractivity contribution in [3.8, 4) is 0 Å². The number of carbonyl (C=O) groups excluding carboxylic acids is 3. The summed E-state index contributed by atoms with van der Waals surface area (Å²) in [5.74, 6) is -2.02. The molecular formula is C22H24ClNO5. The Balaban J connectivity index is 2.03. The molecule has 0 spiro atoms. The molecule has 0 saturated carbocycles. The quantitative estimate of drug-likeness (QED) is 0.677. The van der Waals surface area contributed by atoms with Gasteiger partial charge in [0.25, 0.3) is 5.91 Å². The minimum Gasteiger partial charge on any atom is -0.465 e. The van der Waals surface area contributed by atoms with Crippen LogP contribution >= 0.6 is 11.6 Å². The second-order valence-corrected chi connectivity index (χ2v) is 7.39. The molecule has 0 aliphatic carbocycles. The smallest absolute Gasteiger partial charge is 0.337 e. The van der Waals surface area contributed by atoms with Crippen molar-refractivity contribution in [3.63, 3.8) is 0 Å². The summed E-state index contributed by atoms with van der Waals surface area (Å²) >= 11 is 5.91. The molecule has 0 radical (unpaired) electrons. The number of nitrogens with one attached hydrogen (secondary N) is 1. The zero-order chi connectivity index (χ0) is 21.6. The normalized spacial score (nSPS) is 11.7. The summed E-state index contributed by atoms with van der Waals surface area (Å²) in [5.41, 5.74) is 2.30. The number of hydrogen-bond donors (Lipinski definition) is 1. The average molecular weight is 418 g/mol. The summed E-state index contributed by atoms with van der Waals surface area (Å²) in [5, 5.41) is 3.24. The number of methoxy groups -OCH3 is 1. The van der Waals surface area contributed by atoms with E-state index in [1.165, 1.54) is 13.2 Å². The van der Waals surface area contributed by atoms with Crippen molar-refractivity contribution < 1.29 is 23.9 Å². The van der Waals surface area contributed by atoms with Crippen LogP contribution in [0.3, 0.4) is 0 Å². The molecule has 2 aromatic rings. The molecule has 0 bridgehead atoms. The molecule has 154 valence electrons. The van der Waals surface area contributed by atoms with E-state index in [9.17, 15) is 14.4 Å². The molecule has 0 heterocycles. The summed E-state index contributed by atoms with van der Waals surface area (Å²) in [6.45, 7) is 5.17. The number of aryl methyl sites for hydroxylation is 1. The fraction of sp³-hybridized carbons (Fsp3) is 0.318. The molecule has 0 saturated heterocycles. The molecular weight excluding hydrogens is 394 g/mol. The highest BCUT2D eigenvalue weighted by atomic mass is 35.5. The standard InChI is InChI=1S/C22H24ClNO5/c1-13(2)20(15-7-9-17(23)10-8-15)22(27)29-12-19(25)24-18-11-16(21(26)28-4)6-5-14(18)3/h5-11,13,20H,12H2,1-4H3,(H,24,25)/t20-/m1/s1. The van der Waals surface area contributed by atoms with Crippen LogP contribution in [0, 0.1) is 12.8 Å². The van der Waals surface area contributed by atoms with Crippen molar-refractivity contribution in [2.45, 2.75) is 26.7 Å². The number of ether oxygens (including phenoxy) is 2. The van der Waals surface area contributed by atoms with Gasteiger partial charge in [0, 0.05) is 10.7 Å². The number of benzene rings is 2. The van der Waals surface area contributed by atoms with Gasteiger partial charge in [-0.3, -0.25) is 9.59 Å². The molecule has 29 heavy (non-hydrogen) atoms. The summed E-state index contributed by atoms with van der Waals surface area (Å²) in [6, 6.07) is 11.8. The predicted molar refractivity (Wildman–Crippen MR) is 111 cm³/mol. The Morgan fingerprint density at radius 1 is 1.07 bits per heavy atom. The largest absolute Gasteiger partial charge is 0.465 e. The van der Waals surface area contributed by atoms with Gasteiger partial charge in [0.15, 0.2) is 6.61 Å². The lowest BCUT2D eigenvalue weighted by molar-refractivity contribution is -0.149. The first-order valence-corrected chi connectivity index (χ1v) is 9.51. The minimum atomic E-state index is -0.510. The van der Waals surface area contributed by atoms with Gasteiger partial charge in [0.05, 0.1) is 18.6 Å². The van der Waals surface area contributed by atoms with Crippen molar-refractivity contribution in [3.05, 3.63) is 64.2 Å². The monoisotopic (exact) mass is 417 g/mol. The summed E-state index contributed by atoms with van der Waals surface area (Å²) in [7, 11) is 1.28. The molecule has 0 aliphatic rings. The Morgan fingerprint density at radius 2 is 1.72 bits per heavy atom. The van der Waals surface area contributed by atoms with Gasteiger partial charge < -0.3 is 14.8 Å². The number of anilines is 1. The third-order valence-electron chi connectivity index (χ3n) is 4.43. The second-order valence-electron chi connectivity index (χ2n) is 6.95. The summed E-state index contributed by atoms with van der Waals surface area (Å²) < 4.78 is 9.93. The molecule has 6 nitrogen and oxygen atoms in total. The number of esters is 2. The molecule has 1 amide bonds. The van der Waals surface area contributed by atoms with E-state index in [2.05, 4.69) is 10.1 Å². The van der Waals surface area contributed by atoms with Crippen molar-refractivity contribution >= 4 is 35.1 Å². The van der Waals surface area contributed by atoms with Gasteiger partial charge in [-0.2, -0.15) is 0 Å². The lowest BCUT2D eigenvalue weighted by Gasteiger charge is -2.20. The van der Waals surface area contributed by atoms with E-state index >= 15 is 0 Å². The molecule has 0 unspecified atom stereocenters. The SMILES string of the molecule is COC(=O)c1ccc(C)c(NC(=O)COC(=O)[C@@H](c2ccc(Cl)cc2)C(C)C)c1. The highest BCUT2D eigenvalue weighted by Crippen LogP contribution is 2.27. The maximum atomic E-state index is 12.6. The Kier molecular flexibility index (Phi) is 7.79. The molecule has 0 fully saturated rings. The maximum Gasteiger partial charge on any atom is 0.337 e. The fourth-order valence-corrected chi connectivity index (χ4v) is 3.00. The first kappa shape index (κ1) is 22.4. The van der Waals surface area contributed by atoms with Crippen LogP contribution in [0.1, 0.15) is 41.3 Å². The Bertz CT molecular complexity index is 893. The van der Waals surface area contributed by atoms with Crippen LogP contribution in [0.25, 0.3) is 0 Å². The van der Waals surface area contributed by atoms with Crippen LogP contribution in [0.4, 0.5) is 5.69 Å². The van der Waals surface area contributed by atoms with E-state index in [0.29, 0.717) is 16.3 Å². The van der Waals surface area contributed by atoms with Gasteiger partial charge in [-0.15, -0.1) is 0 Å². The van der Waals surface area contributed by atoms with Crippen LogP contribution < -0.4 is 5.32 Å². The minimum absolute atomic E-state index is 0.0225.